The molecule has 0 radical (unpaired) electrons. The number of nitrogens with one attached hydrogen (secondary N) is 1. The molecule has 2 heterocycles. The van der Waals surface area contributed by atoms with Crippen molar-refractivity contribution in [2.45, 2.75) is 20.0 Å². The van der Waals surface area contributed by atoms with Gasteiger partial charge in [0.1, 0.15) is 28.6 Å². The molecule has 0 spiro atoms. The van der Waals surface area contributed by atoms with E-state index in [0.717, 1.165) is 38.7 Å². The minimum absolute atomic E-state index is 0.00193. The van der Waals surface area contributed by atoms with Gasteiger partial charge in [0.15, 0.2) is 0 Å². The summed E-state index contributed by atoms with van der Waals surface area (Å²) in [5, 5.41) is 3.92. The molecule has 0 aliphatic rings. The highest BCUT2D eigenvalue weighted by Crippen LogP contribution is 2.18. The molecule has 4 rings (SSSR count). The van der Waals surface area contributed by atoms with Crippen LogP contribution in [0.4, 0.5) is 14.5 Å². The van der Waals surface area contributed by atoms with Crippen molar-refractivity contribution in [1.82, 2.24) is 9.13 Å². The normalized spacial score (nSPS) is 11.0. The Hall–Kier alpha value is -3.79. The smallest absolute Gasteiger partial charge is 0.332 e. The van der Waals surface area contributed by atoms with Crippen molar-refractivity contribution < 1.29 is 18.3 Å². The standard InChI is InChI=1S/C23H19F2N3O4S/c1-2-32-16-6-3-14(4-7-16)12-28-22(30)21-19(9-10-33-21)27(23(28)31)13-20(29)26-18-11-15(24)5-8-17(18)25/h3-11H,2,12-13H2,1H3,(H,26,29). The summed E-state index contributed by atoms with van der Waals surface area (Å²) in [5.74, 6) is -1.59. The van der Waals surface area contributed by atoms with Crippen LogP contribution in [0.25, 0.3) is 10.2 Å². The number of benzene rings is 2. The van der Waals surface area contributed by atoms with Crippen molar-refractivity contribution in [1.29, 1.82) is 0 Å². The van der Waals surface area contributed by atoms with Crippen LogP contribution in [0.5, 0.6) is 5.75 Å². The van der Waals surface area contributed by atoms with Crippen molar-refractivity contribution in [2.75, 3.05) is 11.9 Å². The predicted octanol–water partition coefficient (Wildman–Crippen LogP) is 3.59. The fourth-order valence-electron chi connectivity index (χ4n) is 3.39. The molecule has 7 nitrogen and oxygen atoms in total. The Balaban J connectivity index is 1.68. The highest BCUT2D eigenvalue weighted by molar-refractivity contribution is 7.17. The van der Waals surface area contributed by atoms with Gasteiger partial charge in [0, 0.05) is 6.07 Å². The van der Waals surface area contributed by atoms with Gasteiger partial charge in [-0.15, -0.1) is 11.3 Å². The third-order valence-corrected chi connectivity index (χ3v) is 5.81. The molecule has 2 aromatic carbocycles. The number of hydrogen-bond acceptors (Lipinski definition) is 5. The summed E-state index contributed by atoms with van der Waals surface area (Å²) < 4.78 is 35.2. The molecule has 0 fully saturated rings. The monoisotopic (exact) mass is 471 g/mol. The molecule has 170 valence electrons. The molecule has 10 heteroatoms. The number of fused-ring (bicyclic) bond motifs is 1. The quantitative estimate of drug-likeness (QED) is 0.447. The first-order valence-corrected chi connectivity index (χ1v) is 10.9. The van der Waals surface area contributed by atoms with Crippen molar-refractivity contribution in [2.24, 2.45) is 0 Å². The number of carbonyl (C=O) groups is 1. The molecule has 0 atom stereocenters. The van der Waals surface area contributed by atoms with Gasteiger partial charge < -0.3 is 10.1 Å². The van der Waals surface area contributed by atoms with Crippen molar-refractivity contribution in [3.8, 4) is 5.75 Å². The number of halogens is 2. The molecule has 1 N–H and O–H groups in total. The number of nitrogens with zero attached hydrogens (tertiary/aromatic N) is 2. The minimum atomic E-state index is -0.807. The van der Waals surface area contributed by atoms with Gasteiger partial charge in [-0.3, -0.25) is 18.7 Å². The molecule has 2 aromatic heterocycles. The highest BCUT2D eigenvalue weighted by Gasteiger charge is 2.17. The van der Waals surface area contributed by atoms with Gasteiger partial charge >= 0.3 is 5.69 Å². The average molecular weight is 471 g/mol. The second kappa shape index (κ2) is 9.37. The molecule has 0 saturated carbocycles. The summed E-state index contributed by atoms with van der Waals surface area (Å²) in [6.45, 7) is 1.90. The molecule has 0 unspecified atom stereocenters. The number of rotatable bonds is 7. The van der Waals surface area contributed by atoms with Gasteiger partial charge in [-0.2, -0.15) is 0 Å². The summed E-state index contributed by atoms with van der Waals surface area (Å²) in [6.07, 6.45) is 0. The van der Waals surface area contributed by atoms with E-state index in [4.69, 9.17) is 4.74 Å². The number of aromatic nitrogens is 2. The maximum atomic E-state index is 13.9. The SMILES string of the molecule is CCOc1ccc(Cn2c(=O)c3sccc3n(CC(=O)Nc3cc(F)ccc3F)c2=O)cc1. The van der Waals surface area contributed by atoms with Gasteiger partial charge in [0.05, 0.1) is 24.4 Å². The van der Waals surface area contributed by atoms with Gasteiger partial charge in [-0.25, -0.2) is 13.6 Å². The second-order valence-electron chi connectivity index (χ2n) is 7.14. The summed E-state index contributed by atoms with van der Waals surface area (Å²) in [7, 11) is 0. The zero-order chi connectivity index (χ0) is 23.5. The molecule has 0 aliphatic carbocycles. The van der Waals surface area contributed by atoms with Crippen LogP contribution in [0.1, 0.15) is 12.5 Å². The van der Waals surface area contributed by atoms with Crippen LogP contribution in [-0.4, -0.2) is 21.6 Å². The maximum Gasteiger partial charge on any atom is 0.332 e. The van der Waals surface area contributed by atoms with E-state index >= 15 is 0 Å². The van der Waals surface area contributed by atoms with Crippen molar-refractivity contribution >= 4 is 33.1 Å². The van der Waals surface area contributed by atoms with E-state index in [2.05, 4.69) is 5.32 Å². The van der Waals surface area contributed by atoms with Gasteiger partial charge in [-0.05, 0) is 48.2 Å². The number of thiophene rings is 1. The van der Waals surface area contributed by atoms with Gasteiger partial charge in [0.25, 0.3) is 5.56 Å². The lowest BCUT2D eigenvalue weighted by Crippen LogP contribution is -2.41. The van der Waals surface area contributed by atoms with Crippen molar-refractivity contribution in [3.05, 3.63) is 91.9 Å². The third-order valence-electron chi connectivity index (χ3n) is 4.92. The van der Waals surface area contributed by atoms with Crippen molar-refractivity contribution in [3.63, 3.8) is 0 Å². The second-order valence-corrected chi connectivity index (χ2v) is 8.06. The molecule has 0 saturated heterocycles. The Kier molecular flexibility index (Phi) is 6.36. The Bertz CT molecular complexity index is 1440. The Labute approximate surface area is 190 Å². The molecule has 0 aliphatic heterocycles. The molecule has 33 heavy (non-hydrogen) atoms. The Morgan fingerprint density at radius 2 is 1.82 bits per heavy atom. The summed E-state index contributed by atoms with van der Waals surface area (Å²) in [4.78, 5) is 38.7. The zero-order valence-corrected chi connectivity index (χ0v) is 18.3. The highest BCUT2D eigenvalue weighted by atomic mass is 32.1. The third kappa shape index (κ3) is 4.70. The number of carbonyl (C=O) groups excluding carboxylic acids is 1. The molecule has 0 bridgehead atoms. The zero-order valence-electron chi connectivity index (χ0n) is 17.5. The van der Waals surface area contributed by atoms with Gasteiger partial charge in [-0.1, -0.05) is 12.1 Å². The first-order chi connectivity index (χ1) is 15.9. The lowest BCUT2D eigenvalue weighted by molar-refractivity contribution is -0.116. The summed E-state index contributed by atoms with van der Waals surface area (Å²) in [6, 6.07) is 11.2. The van der Waals surface area contributed by atoms with E-state index in [-0.39, 0.29) is 12.2 Å². The molecule has 1 amide bonds. The minimum Gasteiger partial charge on any atom is -0.494 e. The fraction of sp³-hybridized carbons (Fsp3) is 0.174. The van der Waals surface area contributed by atoms with Crippen LogP contribution in [0.15, 0.2) is 63.5 Å². The lowest BCUT2D eigenvalue weighted by atomic mass is 10.2. The van der Waals surface area contributed by atoms with E-state index in [0.29, 0.717) is 28.1 Å². The average Bonchev–Trinajstić information content (AvgIpc) is 3.28. The molecular weight excluding hydrogens is 452 g/mol. The predicted molar refractivity (Wildman–Crippen MR) is 122 cm³/mol. The van der Waals surface area contributed by atoms with E-state index in [9.17, 15) is 23.2 Å². The van der Waals surface area contributed by atoms with E-state index in [1.54, 1.807) is 35.7 Å². The fourth-order valence-corrected chi connectivity index (χ4v) is 4.24. The lowest BCUT2D eigenvalue weighted by Gasteiger charge is -2.13. The van der Waals surface area contributed by atoms with Gasteiger partial charge in [0.2, 0.25) is 5.91 Å². The van der Waals surface area contributed by atoms with Crippen LogP contribution in [0.2, 0.25) is 0 Å². The van der Waals surface area contributed by atoms with Crippen LogP contribution >= 0.6 is 11.3 Å². The van der Waals surface area contributed by atoms with Crippen LogP contribution < -0.4 is 21.3 Å². The Morgan fingerprint density at radius 1 is 1.06 bits per heavy atom. The molecule has 4 aromatic rings. The molecular formula is C23H19F2N3O4S. The number of amides is 1. The first kappa shape index (κ1) is 22.4. The maximum absolute atomic E-state index is 13.9. The van der Waals surface area contributed by atoms with Crippen LogP contribution in [0, 0.1) is 11.6 Å². The van der Waals surface area contributed by atoms with E-state index in [1.807, 2.05) is 6.92 Å². The summed E-state index contributed by atoms with van der Waals surface area (Å²) >= 11 is 1.15. The number of ether oxygens (including phenoxy) is 1. The Morgan fingerprint density at radius 3 is 2.55 bits per heavy atom. The van der Waals surface area contributed by atoms with E-state index in [1.165, 1.54) is 0 Å². The largest absolute Gasteiger partial charge is 0.494 e. The topological polar surface area (TPSA) is 82.3 Å². The van der Waals surface area contributed by atoms with E-state index < -0.39 is 35.3 Å². The van der Waals surface area contributed by atoms with Crippen LogP contribution in [0.3, 0.4) is 0 Å². The summed E-state index contributed by atoms with van der Waals surface area (Å²) in [5.41, 5.74) is -0.488. The first-order valence-electron chi connectivity index (χ1n) is 10.0. The number of anilines is 1. The van der Waals surface area contributed by atoms with Crippen LogP contribution in [-0.2, 0) is 17.9 Å². The number of hydrogen-bond donors (Lipinski definition) is 1.